The van der Waals surface area contributed by atoms with Gasteiger partial charge in [-0.25, -0.2) is 0 Å². The summed E-state index contributed by atoms with van der Waals surface area (Å²) in [7, 11) is 8.34. The van der Waals surface area contributed by atoms with Crippen molar-refractivity contribution in [3.63, 3.8) is 0 Å². The lowest BCUT2D eigenvalue weighted by Crippen LogP contribution is -2.11. The first kappa shape index (κ1) is 35.3. The van der Waals surface area contributed by atoms with E-state index in [0.29, 0.717) is 0 Å². The molecule has 0 spiro atoms. The molecule has 0 saturated carbocycles. The van der Waals surface area contributed by atoms with E-state index in [-0.39, 0.29) is 0 Å². The predicted octanol–water partition coefficient (Wildman–Crippen LogP) is 11.6. The number of benzene rings is 7. The number of hydrogen-bond donors (Lipinski definition) is 0. The molecule has 0 heterocycles. The van der Waals surface area contributed by atoms with Gasteiger partial charge in [0.15, 0.2) is 0 Å². The van der Waals surface area contributed by atoms with Crippen LogP contribution in [0.1, 0.15) is 22.3 Å². The van der Waals surface area contributed by atoms with Crippen molar-refractivity contribution in [2.45, 2.75) is 0 Å². The van der Waals surface area contributed by atoms with Crippen molar-refractivity contribution in [3.8, 4) is 23.7 Å². The maximum absolute atomic E-state index is 3.35. The molecule has 262 valence electrons. The second-order valence-corrected chi connectivity index (χ2v) is 13.1. The highest BCUT2D eigenvalue weighted by Crippen LogP contribution is 2.30. The molecular formula is C50H42N4. The van der Waals surface area contributed by atoms with Gasteiger partial charge >= 0.3 is 0 Å². The van der Waals surface area contributed by atoms with E-state index in [1.807, 2.05) is 48.5 Å². The number of hydrogen-bond acceptors (Lipinski definition) is 4. The lowest BCUT2D eigenvalue weighted by molar-refractivity contribution is 1.18. The average molecular weight is 699 g/mol. The number of anilines is 8. The van der Waals surface area contributed by atoms with E-state index in [4.69, 9.17) is 0 Å². The highest BCUT2D eigenvalue weighted by molar-refractivity contribution is 5.71. The summed E-state index contributed by atoms with van der Waals surface area (Å²) in [6.45, 7) is 0. The Balaban J connectivity index is 0.975. The van der Waals surface area contributed by atoms with Crippen molar-refractivity contribution < 1.29 is 0 Å². The van der Waals surface area contributed by atoms with Crippen LogP contribution in [0.25, 0.3) is 0 Å². The topological polar surface area (TPSA) is 13.0 Å². The quantitative estimate of drug-likeness (QED) is 0.146. The molecule has 7 aromatic rings. The van der Waals surface area contributed by atoms with Crippen LogP contribution >= 0.6 is 0 Å². The van der Waals surface area contributed by atoms with Gasteiger partial charge < -0.3 is 19.6 Å². The molecule has 0 bridgehead atoms. The van der Waals surface area contributed by atoms with Gasteiger partial charge in [0.1, 0.15) is 0 Å². The largest absolute Gasteiger partial charge is 0.345 e. The standard InChI is InChI=1S/C50H42N4/c1-51(43-15-7-5-8-16-43)45-29-33-47(34-30-45)53(3)49-19-11-13-41(37-49)27-25-39-21-23-40(24-22-39)26-28-42-14-12-20-50(38-42)54(4)48-35-31-46(32-36-48)52(2)44-17-9-6-10-18-44/h5-24,29-38H,1-4H3. The first-order valence-electron chi connectivity index (χ1n) is 18.0. The zero-order valence-corrected chi connectivity index (χ0v) is 31.1. The van der Waals surface area contributed by atoms with Crippen LogP contribution in [0.2, 0.25) is 0 Å². The van der Waals surface area contributed by atoms with Crippen molar-refractivity contribution in [1.82, 2.24) is 0 Å². The molecule has 7 aromatic carbocycles. The molecule has 0 aliphatic rings. The van der Waals surface area contributed by atoms with Gasteiger partial charge in [-0.05, 0) is 133 Å². The van der Waals surface area contributed by atoms with Gasteiger partial charge in [-0.1, -0.05) is 72.2 Å². The zero-order valence-electron chi connectivity index (χ0n) is 31.1. The molecule has 0 saturated heterocycles. The van der Waals surface area contributed by atoms with Gasteiger partial charge in [0.2, 0.25) is 0 Å². The third-order valence-electron chi connectivity index (χ3n) is 9.59. The molecule has 54 heavy (non-hydrogen) atoms. The molecule has 0 atom stereocenters. The Morgan fingerprint density at radius 2 is 0.500 bits per heavy atom. The molecule has 0 fully saturated rings. The van der Waals surface area contributed by atoms with Crippen molar-refractivity contribution in [2.75, 3.05) is 47.8 Å². The summed E-state index contributed by atoms with van der Waals surface area (Å²) in [6.07, 6.45) is 0. The smallest absolute Gasteiger partial charge is 0.0420 e. The molecule has 0 radical (unpaired) electrons. The first-order valence-corrected chi connectivity index (χ1v) is 18.0. The summed E-state index contributed by atoms with van der Waals surface area (Å²) in [6, 6.07) is 62.8. The Bertz CT molecular complexity index is 2260. The van der Waals surface area contributed by atoms with Gasteiger partial charge in [0.05, 0.1) is 0 Å². The van der Waals surface area contributed by atoms with E-state index in [2.05, 4.69) is 205 Å². The van der Waals surface area contributed by atoms with E-state index in [9.17, 15) is 0 Å². The Kier molecular flexibility index (Phi) is 10.8. The van der Waals surface area contributed by atoms with Crippen LogP contribution in [0.3, 0.4) is 0 Å². The van der Waals surface area contributed by atoms with Crippen molar-refractivity contribution >= 4 is 45.5 Å². The highest BCUT2D eigenvalue weighted by Gasteiger charge is 2.09. The lowest BCUT2D eigenvalue weighted by atomic mass is 10.1. The zero-order chi connectivity index (χ0) is 37.3. The molecule has 4 heteroatoms. The molecule has 7 rings (SSSR count). The molecule has 0 aliphatic carbocycles. The van der Waals surface area contributed by atoms with E-state index in [1.54, 1.807) is 0 Å². The minimum atomic E-state index is 0.946. The van der Waals surface area contributed by atoms with Crippen LogP contribution in [0, 0.1) is 23.7 Å². The van der Waals surface area contributed by atoms with Gasteiger partial charge in [-0.3, -0.25) is 0 Å². The summed E-state index contributed by atoms with van der Waals surface area (Å²) in [4.78, 5) is 8.74. The van der Waals surface area contributed by atoms with Crippen LogP contribution in [0.4, 0.5) is 45.5 Å². The van der Waals surface area contributed by atoms with Crippen LogP contribution < -0.4 is 19.6 Å². The summed E-state index contributed by atoms with van der Waals surface area (Å²) in [5.74, 6) is 13.3. The molecule has 0 unspecified atom stereocenters. The molecule has 0 N–H and O–H groups in total. The summed E-state index contributed by atoms with van der Waals surface area (Å²) < 4.78 is 0. The van der Waals surface area contributed by atoms with Gasteiger partial charge in [0, 0.05) is 95.9 Å². The van der Waals surface area contributed by atoms with E-state index >= 15 is 0 Å². The van der Waals surface area contributed by atoms with E-state index in [1.165, 1.54) is 0 Å². The Morgan fingerprint density at radius 3 is 0.833 bits per heavy atom. The number of rotatable bonds is 8. The van der Waals surface area contributed by atoms with Crippen LogP contribution in [-0.4, -0.2) is 28.2 Å². The van der Waals surface area contributed by atoms with E-state index in [0.717, 1.165) is 67.8 Å². The second-order valence-electron chi connectivity index (χ2n) is 13.1. The monoisotopic (exact) mass is 698 g/mol. The number of para-hydroxylation sites is 2. The van der Waals surface area contributed by atoms with E-state index < -0.39 is 0 Å². The van der Waals surface area contributed by atoms with Gasteiger partial charge in [-0.15, -0.1) is 0 Å². The Morgan fingerprint density at radius 1 is 0.241 bits per heavy atom. The van der Waals surface area contributed by atoms with Crippen molar-refractivity contribution in [1.29, 1.82) is 0 Å². The maximum atomic E-state index is 3.35. The number of nitrogens with zero attached hydrogens (tertiary/aromatic N) is 4. The minimum absolute atomic E-state index is 0.946. The maximum Gasteiger partial charge on any atom is 0.0420 e. The SMILES string of the molecule is CN(c1ccccc1)c1ccc(N(C)c2cccc(C#Cc3ccc(C#Cc4cccc(N(C)c5ccc(N(C)c6ccccc6)cc5)c4)cc3)c2)cc1. The van der Waals surface area contributed by atoms with Crippen molar-refractivity contribution in [3.05, 3.63) is 204 Å². The molecule has 0 aromatic heterocycles. The van der Waals surface area contributed by atoms with Crippen LogP contribution in [0.15, 0.2) is 182 Å². The molecular weight excluding hydrogens is 657 g/mol. The summed E-state index contributed by atoms with van der Waals surface area (Å²) in [5, 5.41) is 0. The molecule has 0 aliphatic heterocycles. The molecule has 0 amide bonds. The fraction of sp³-hybridized carbons (Fsp3) is 0.0800. The Labute approximate surface area is 320 Å². The average Bonchev–Trinajstić information content (AvgIpc) is 3.25. The molecule has 4 nitrogen and oxygen atoms in total. The predicted molar refractivity (Wildman–Crippen MR) is 229 cm³/mol. The van der Waals surface area contributed by atoms with Crippen LogP contribution in [0.5, 0.6) is 0 Å². The fourth-order valence-electron chi connectivity index (χ4n) is 6.21. The third kappa shape index (κ3) is 8.48. The first-order chi connectivity index (χ1) is 26.4. The Hall–Kier alpha value is -7.14. The van der Waals surface area contributed by atoms with Crippen LogP contribution in [-0.2, 0) is 0 Å². The van der Waals surface area contributed by atoms with Gasteiger partial charge in [-0.2, -0.15) is 0 Å². The summed E-state index contributed by atoms with van der Waals surface area (Å²) in [5.41, 5.74) is 12.8. The third-order valence-corrected chi connectivity index (χ3v) is 9.59. The minimum Gasteiger partial charge on any atom is -0.345 e. The summed E-state index contributed by atoms with van der Waals surface area (Å²) >= 11 is 0. The lowest BCUT2D eigenvalue weighted by Gasteiger charge is -2.23. The fourth-order valence-corrected chi connectivity index (χ4v) is 6.21. The van der Waals surface area contributed by atoms with Crippen molar-refractivity contribution in [2.24, 2.45) is 0 Å². The van der Waals surface area contributed by atoms with Gasteiger partial charge in [0.25, 0.3) is 0 Å². The second kappa shape index (κ2) is 16.5. The highest BCUT2D eigenvalue weighted by atomic mass is 15.1. The normalized spacial score (nSPS) is 10.3.